The van der Waals surface area contributed by atoms with Gasteiger partial charge in [-0.3, -0.25) is 4.90 Å². The number of rotatable bonds is 6. The number of likely N-dealkylation sites (tertiary alicyclic amines) is 1. The molecule has 3 rings (SSSR count). The Kier molecular flexibility index (Phi) is 5.85. The first-order valence-corrected chi connectivity index (χ1v) is 8.58. The molecule has 0 amide bonds. The highest BCUT2D eigenvalue weighted by molar-refractivity contribution is 5.48. The maximum absolute atomic E-state index is 9.58. The number of nitrogens with one attached hydrogen (secondary N) is 1. The molecule has 2 aromatic heterocycles. The molecule has 3 heterocycles. The number of aryl methyl sites for hydroxylation is 1. The highest BCUT2D eigenvalue weighted by Crippen LogP contribution is 2.32. The molecule has 0 aliphatic carbocycles. The third-order valence-corrected chi connectivity index (χ3v) is 4.44. The second-order valence-corrected chi connectivity index (χ2v) is 6.19. The zero-order chi connectivity index (χ0) is 17.6. The molecule has 1 fully saturated rings. The average molecular weight is 344 g/mol. The lowest BCUT2D eigenvalue weighted by atomic mass is 9.97. The van der Waals surface area contributed by atoms with Crippen LogP contribution in [0.15, 0.2) is 24.5 Å². The fraction of sp³-hybridized carbons (Fsp3) is 0.529. The molecule has 1 atom stereocenters. The van der Waals surface area contributed by atoms with Crippen molar-refractivity contribution in [1.82, 2.24) is 24.8 Å². The number of hydrogen-bond acceptors (Lipinski definition) is 8. The van der Waals surface area contributed by atoms with Gasteiger partial charge in [0.1, 0.15) is 11.6 Å². The van der Waals surface area contributed by atoms with Crippen LogP contribution in [0.2, 0.25) is 0 Å². The molecule has 0 bridgehead atoms. The zero-order valence-corrected chi connectivity index (χ0v) is 14.3. The molecule has 8 nitrogen and oxygen atoms in total. The predicted molar refractivity (Wildman–Crippen MR) is 93.3 cm³/mol. The maximum atomic E-state index is 9.58. The number of anilines is 2. The molecule has 0 aromatic carbocycles. The number of hydrogen-bond donors (Lipinski definition) is 3. The Hall–Kier alpha value is -2.16. The summed E-state index contributed by atoms with van der Waals surface area (Å²) in [5, 5.41) is 22.3. The Morgan fingerprint density at radius 3 is 2.68 bits per heavy atom. The fourth-order valence-corrected chi connectivity index (χ4v) is 3.28. The van der Waals surface area contributed by atoms with Gasteiger partial charge >= 0.3 is 0 Å². The molecule has 1 aliphatic heterocycles. The standard InChI is InChI=1S/C17H24N6O2/c1-12-20-14(9-16(21-12)22-17-18-6-4-7-19-17)15-5-2-3-8-23(15)13(10-24)11-25/h4,6-7,9,13,15,24-25H,2-3,5,8,10-11H2,1H3,(H,18,19,20,21,22)/t15-/m0/s1. The van der Waals surface area contributed by atoms with Gasteiger partial charge in [0.05, 0.1) is 31.0 Å². The Bertz CT molecular complexity index is 680. The third-order valence-electron chi connectivity index (χ3n) is 4.44. The van der Waals surface area contributed by atoms with Crippen molar-refractivity contribution >= 4 is 11.8 Å². The molecule has 3 N–H and O–H groups in total. The van der Waals surface area contributed by atoms with Crippen LogP contribution in [-0.4, -0.2) is 60.8 Å². The number of aliphatic hydroxyl groups excluding tert-OH is 2. The van der Waals surface area contributed by atoms with E-state index >= 15 is 0 Å². The molecular weight excluding hydrogens is 320 g/mol. The normalized spacial score (nSPS) is 18.5. The lowest BCUT2D eigenvalue weighted by Gasteiger charge is -2.39. The first kappa shape index (κ1) is 17.7. The Morgan fingerprint density at radius 2 is 1.96 bits per heavy atom. The molecule has 8 heteroatoms. The van der Waals surface area contributed by atoms with Crippen LogP contribution in [0.4, 0.5) is 11.8 Å². The van der Waals surface area contributed by atoms with Crippen molar-refractivity contribution in [1.29, 1.82) is 0 Å². The third kappa shape index (κ3) is 4.28. The van der Waals surface area contributed by atoms with E-state index in [1.54, 1.807) is 18.5 Å². The van der Waals surface area contributed by atoms with Crippen LogP contribution in [0.5, 0.6) is 0 Å². The quantitative estimate of drug-likeness (QED) is 0.717. The van der Waals surface area contributed by atoms with Crippen LogP contribution >= 0.6 is 0 Å². The van der Waals surface area contributed by atoms with Crippen LogP contribution in [0.1, 0.15) is 36.8 Å². The monoisotopic (exact) mass is 344 g/mol. The Labute approximate surface area is 147 Å². The highest BCUT2D eigenvalue weighted by atomic mass is 16.3. The van der Waals surface area contributed by atoms with E-state index in [4.69, 9.17) is 0 Å². The minimum Gasteiger partial charge on any atom is -0.395 e. The lowest BCUT2D eigenvalue weighted by Crippen LogP contribution is -2.45. The molecule has 0 saturated carbocycles. The summed E-state index contributed by atoms with van der Waals surface area (Å²) in [5.74, 6) is 1.78. The number of piperidine rings is 1. The van der Waals surface area contributed by atoms with Gasteiger partial charge in [0.25, 0.3) is 0 Å². The summed E-state index contributed by atoms with van der Waals surface area (Å²) in [4.78, 5) is 19.5. The van der Waals surface area contributed by atoms with Gasteiger partial charge < -0.3 is 15.5 Å². The van der Waals surface area contributed by atoms with E-state index in [-0.39, 0.29) is 25.3 Å². The van der Waals surface area contributed by atoms with Crippen molar-refractivity contribution in [3.63, 3.8) is 0 Å². The summed E-state index contributed by atoms with van der Waals surface area (Å²) in [6.07, 6.45) is 6.42. The molecule has 0 radical (unpaired) electrons. The van der Waals surface area contributed by atoms with Crippen molar-refractivity contribution < 1.29 is 10.2 Å². The smallest absolute Gasteiger partial charge is 0.228 e. The Morgan fingerprint density at radius 1 is 1.20 bits per heavy atom. The largest absolute Gasteiger partial charge is 0.395 e. The van der Waals surface area contributed by atoms with Crippen LogP contribution in [0.25, 0.3) is 0 Å². The van der Waals surface area contributed by atoms with Gasteiger partial charge in [0.2, 0.25) is 5.95 Å². The fourth-order valence-electron chi connectivity index (χ4n) is 3.28. The SMILES string of the molecule is Cc1nc(Nc2ncccn2)cc([C@@H]2CCCCN2C(CO)CO)n1. The van der Waals surface area contributed by atoms with E-state index in [1.807, 2.05) is 13.0 Å². The summed E-state index contributed by atoms with van der Waals surface area (Å²) in [6, 6.07) is 3.44. The van der Waals surface area contributed by atoms with E-state index in [2.05, 4.69) is 30.2 Å². The molecule has 2 aromatic rings. The predicted octanol–water partition coefficient (Wildman–Crippen LogP) is 1.20. The number of aromatic nitrogens is 4. The minimum absolute atomic E-state index is 0.0528. The van der Waals surface area contributed by atoms with Gasteiger partial charge in [-0.25, -0.2) is 19.9 Å². The summed E-state index contributed by atoms with van der Waals surface area (Å²) < 4.78 is 0. The van der Waals surface area contributed by atoms with Crippen LogP contribution < -0.4 is 5.32 Å². The number of aliphatic hydroxyl groups is 2. The molecule has 1 saturated heterocycles. The van der Waals surface area contributed by atoms with E-state index in [0.717, 1.165) is 31.5 Å². The maximum Gasteiger partial charge on any atom is 0.228 e. The highest BCUT2D eigenvalue weighted by Gasteiger charge is 2.30. The lowest BCUT2D eigenvalue weighted by molar-refractivity contribution is 0.0228. The summed E-state index contributed by atoms with van der Waals surface area (Å²) in [7, 11) is 0. The molecule has 0 spiro atoms. The van der Waals surface area contributed by atoms with Crippen molar-refractivity contribution in [2.45, 2.75) is 38.3 Å². The van der Waals surface area contributed by atoms with Crippen LogP contribution in [0, 0.1) is 6.92 Å². The molecule has 0 unspecified atom stereocenters. The van der Waals surface area contributed by atoms with Gasteiger partial charge in [0.15, 0.2) is 0 Å². The topological polar surface area (TPSA) is 107 Å². The van der Waals surface area contributed by atoms with Crippen molar-refractivity contribution in [2.75, 3.05) is 25.1 Å². The van der Waals surface area contributed by atoms with Gasteiger partial charge in [-0.05, 0) is 32.4 Å². The zero-order valence-electron chi connectivity index (χ0n) is 14.3. The van der Waals surface area contributed by atoms with E-state index < -0.39 is 0 Å². The summed E-state index contributed by atoms with van der Waals surface area (Å²) >= 11 is 0. The van der Waals surface area contributed by atoms with Crippen molar-refractivity contribution in [3.05, 3.63) is 36.0 Å². The second kappa shape index (κ2) is 8.28. The van der Waals surface area contributed by atoms with E-state index in [1.165, 1.54) is 0 Å². The van der Waals surface area contributed by atoms with E-state index in [0.29, 0.717) is 17.6 Å². The number of nitrogens with zero attached hydrogens (tertiary/aromatic N) is 5. The first-order chi connectivity index (χ1) is 12.2. The van der Waals surface area contributed by atoms with E-state index in [9.17, 15) is 10.2 Å². The van der Waals surface area contributed by atoms with Gasteiger partial charge in [0, 0.05) is 18.5 Å². The molecule has 25 heavy (non-hydrogen) atoms. The van der Waals surface area contributed by atoms with Gasteiger partial charge in [-0.15, -0.1) is 0 Å². The van der Waals surface area contributed by atoms with Crippen molar-refractivity contribution in [2.24, 2.45) is 0 Å². The summed E-state index contributed by atoms with van der Waals surface area (Å²) in [5.41, 5.74) is 0.887. The van der Waals surface area contributed by atoms with Gasteiger partial charge in [-0.1, -0.05) is 6.42 Å². The average Bonchev–Trinajstić information content (AvgIpc) is 2.63. The summed E-state index contributed by atoms with van der Waals surface area (Å²) in [6.45, 7) is 2.55. The Balaban J connectivity index is 1.87. The minimum atomic E-state index is -0.269. The molecule has 1 aliphatic rings. The molecule has 134 valence electrons. The van der Waals surface area contributed by atoms with Crippen LogP contribution in [0.3, 0.4) is 0 Å². The first-order valence-electron chi connectivity index (χ1n) is 8.58. The van der Waals surface area contributed by atoms with Crippen molar-refractivity contribution in [3.8, 4) is 0 Å². The van der Waals surface area contributed by atoms with Crippen LogP contribution in [-0.2, 0) is 0 Å². The molecular formula is C17H24N6O2. The second-order valence-electron chi connectivity index (χ2n) is 6.19. The van der Waals surface area contributed by atoms with Gasteiger partial charge in [-0.2, -0.15) is 0 Å².